The highest BCUT2D eigenvalue weighted by Gasteiger charge is 2.16. The molecule has 2 aromatic heterocycles. The van der Waals surface area contributed by atoms with Crippen molar-refractivity contribution in [3.8, 4) is 50.2 Å². The maximum Gasteiger partial charge on any atom is 0.145 e. The minimum atomic E-state index is 0.963. The minimum Gasteiger partial charge on any atom is -0.311 e. The van der Waals surface area contributed by atoms with Crippen LogP contribution in [0, 0.1) is 0 Å². The van der Waals surface area contributed by atoms with Gasteiger partial charge >= 0.3 is 0 Å². The summed E-state index contributed by atoms with van der Waals surface area (Å²) >= 11 is 0. The highest BCUT2D eigenvalue weighted by Crippen LogP contribution is 2.39. The van der Waals surface area contributed by atoms with Gasteiger partial charge in [0.2, 0.25) is 0 Å². The average Bonchev–Trinajstić information content (AvgIpc) is 3.62. The standard InChI is InChI=1S/C53H37N3/c1-3-12-38(13-4-1)40-23-29-46(30-24-40)55(47-31-25-41(26-32-47)44-17-9-16-43(36-44)39-14-5-2-6-15-39)48-33-27-42(28-34-48)45-18-10-19-49(37-45)56-52-22-8-7-20-50(52)51-21-11-35-54-53(51)56/h1-37H. The van der Waals surface area contributed by atoms with Gasteiger partial charge < -0.3 is 4.90 Å². The summed E-state index contributed by atoms with van der Waals surface area (Å²) in [4.78, 5) is 7.14. The molecule has 0 unspecified atom stereocenters. The van der Waals surface area contributed by atoms with Gasteiger partial charge in [0.1, 0.15) is 5.65 Å². The van der Waals surface area contributed by atoms with Crippen LogP contribution in [-0.4, -0.2) is 9.55 Å². The number of fused-ring (bicyclic) bond motifs is 3. The van der Waals surface area contributed by atoms with Crippen molar-refractivity contribution >= 4 is 39.0 Å². The quantitative estimate of drug-likeness (QED) is 0.156. The zero-order valence-corrected chi connectivity index (χ0v) is 30.7. The maximum absolute atomic E-state index is 4.80. The van der Waals surface area contributed by atoms with Crippen LogP contribution in [0.4, 0.5) is 17.1 Å². The molecular formula is C53H37N3. The van der Waals surface area contributed by atoms with Gasteiger partial charge in [-0.15, -0.1) is 0 Å². The van der Waals surface area contributed by atoms with E-state index in [1.165, 1.54) is 38.8 Å². The van der Waals surface area contributed by atoms with Crippen molar-refractivity contribution in [3.63, 3.8) is 0 Å². The van der Waals surface area contributed by atoms with Gasteiger partial charge in [-0.25, -0.2) is 4.98 Å². The van der Waals surface area contributed by atoms with Gasteiger partial charge in [0.25, 0.3) is 0 Å². The van der Waals surface area contributed by atoms with E-state index in [9.17, 15) is 0 Å². The van der Waals surface area contributed by atoms with Crippen LogP contribution in [0.2, 0.25) is 0 Å². The monoisotopic (exact) mass is 715 g/mol. The number of rotatable bonds is 8. The average molecular weight is 716 g/mol. The molecule has 0 saturated heterocycles. The molecule has 0 fully saturated rings. The van der Waals surface area contributed by atoms with Gasteiger partial charge in [0.05, 0.1) is 5.52 Å². The van der Waals surface area contributed by atoms with E-state index in [0.29, 0.717) is 0 Å². The first kappa shape index (κ1) is 33.1. The van der Waals surface area contributed by atoms with Crippen molar-refractivity contribution in [2.75, 3.05) is 4.90 Å². The first-order valence-electron chi connectivity index (χ1n) is 19.0. The Morgan fingerprint density at radius 1 is 0.321 bits per heavy atom. The fourth-order valence-electron chi connectivity index (χ4n) is 7.88. The summed E-state index contributed by atoms with van der Waals surface area (Å²) in [5, 5.41) is 2.36. The molecule has 2 heterocycles. The Morgan fingerprint density at radius 3 is 1.34 bits per heavy atom. The summed E-state index contributed by atoms with van der Waals surface area (Å²) in [6, 6.07) is 78.0. The van der Waals surface area contributed by atoms with E-state index in [4.69, 9.17) is 4.98 Å². The number of aromatic nitrogens is 2. The predicted octanol–water partition coefficient (Wildman–Crippen LogP) is 14.3. The van der Waals surface area contributed by atoms with Gasteiger partial charge in [-0.3, -0.25) is 4.57 Å². The Balaban J connectivity index is 1.01. The van der Waals surface area contributed by atoms with Crippen molar-refractivity contribution in [1.29, 1.82) is 0 Å². The molecule has 0 spiro atoms. The third-order valence-electron chi connectivity index (χ3n) is 10.7. The van der Waals surface area contributed by atoms with Crippen LogP contribution in [0.3, 0.4) is 0 Å². The van der Waals surface area contributed by atoms with Crippen molar-refractivity contribution < 1.29 is 0 Å². The molecule has 56 heavy (non-hydrogen) atoms. The number of benzene rings is 8. The van der Waals surface area contributed by atoms with E-state index in [-0.39, 0.29) is 0 Å². The van der Waals surface area contributed by atoms with Crippen molar-refractivity contribution in [3.05, 3.63) is 225 Å². The van der Waals surface area contributed by atoms with Crippen LogP contribution >= 0.6 is 0 Å². The van der Waals surface area contributed by atoms with E-state index in [1.807, 2.05) is 12.3 Å². The van der Waals surface area contributed by atoms with Crippen LogP contribution in [0.5, 0.6) is 0 Å². The summed E-state index contributed by atoms with van der Waals surface area (Å²) in [6.07, 6.45) is 1.87. The fourth-order valence-corrected chi connectivity index (χ4v) is 7.88. The number of nitrogens with zero attached hydrogens (tertiary/aromatic N) is 3. The maximum atomic E-state index is 4.80. The number of hydrogen-bond donors (Lipinski definition) is 0. The van der Waals surface area contributed by atoms with Crippen LogP contribution in [0.15, 0.2) is 225 Å². The molecule has 264 valence electrons. The number of hydrogen-bond acceptors (Lipinski definition) is 2. The number of pyridine rings is 1. The Labute approximate surface area is 327 Å². The van der Waals surface area contributed by atoms with E-state index in [0.717, 1.165) is 50.4 Å². The van der Waals surface area contributed by atoms with Gasteiger partial charge in [-0.2, -0.15) is 0 Å². The highest BCUT2D eigenvalue weighted by atomic mass is 15.1. The normalized spacial score (nSPS) is 11.2. The molecule has 0 bridgehead atoms. The zero-order chi connectivity index (χ0) is 37.3. The first-order valence-corrected chi connectivity index (χ1v) is 19.0. The predicted molar refractivity (Wildman–Crippen MR) is 235 cm³/mol. The number of para-hydroxylation sites is 1. The lowest BCUT2D eigenvalue weighted by Crippen LogP contribution is -2.09. The zero-order valence-electron chi connectivity index (χ0n) is 30.7. The van der Waals surface area contributed by atoms with E-state index >= 15 is 0 Å². The second kappa shape index (κ2) is 14.4. The summed E-state index contributed by atoms with van der Waals surface area (Å²) in [5.41, 5.74) is 16.0. The molecule has 3 heteroatoms. The third kappa shape index (κ3) is 6.21. The summed E-state index contributed by atoms with van der Waals surface area (Å²) < 4.78 is 2.27. The molecule has 0 saturated carbocycles. The SMILES string of the molecule is c1ccc(-c2ccc(N(c3ccc(-c4cccc(-c5ccccc5)c4)cc3)c3ccc(-c4cccc(-n5c6ccccc6c6cccnc65)c4)cc3)cc2)cc1. The molecule has 10 rings (SSSR count). The fraction of sp³-hybridized carbons (Fsp3) is 0. The lowest BCUT2D eigenvalue weighted by atomic mass is 9.98. The van der Waals surface area contributed by atoms with Gasteiger partial charge in [-0.1, -0.05) is 146 Å². The Morgan fingerprint density at radius 2 is 0.750 bits per heavy atom. The lowest BCUT2D eigenvalue weighted by molar-refractivity contribution is 1.14. The lowest BCUT2D eigenvalue weighted by Gasteiger charge is -2.26. The molecule has 8 aromatic carbocycles. The molecular weight excluding hydrogens is 679 g/mol. The molecule has 0 radical (unpaired) electrons. The molecule has 3 nitrogen and oxygen atoms in total. The van der Waals surface area contributed by atoms with Crippen LogP contribution in [-0.2, 0) is 0 Å². The van der Waals surface area contributed by atoms with Crippen molar-refractivity contribution in [2.45, 2.75) is 0 Å². The Bertz CT molecular complexity index is 2880. The molecule has 10 aromatic rings. The van der Waals surface area contributed by atoms with Crippen molar-refractivity contribution in [1.82, 2.24) is 9.55 Å². The van der Waals surface area contributed by atoms with Crippen LogP contribution < -0.4 is 4.90 Å². The Kier molecular flexibility index (Phi) is 8.51. The first-order chi connectivity index (χ1) is 27.8. The second-order valence-corrected chi connectivity index (χ2v) is 14.1. The second-order valence-electron chi connectivity index (χ2n) is 14.1. The van der Waals surface area contributed by atoms with Gasteiger partial charge in [0, 0.05) is 39.7 Å². The van der Waals surface area contributed by atoms with E-state index in [1.54, 1.807) is 0 Å². The Hall–Kier alpha value is -7.49. The summed E-state index contributed by atoms with van der Waals surface area (Å²) in [6.45, 7) is 0. The summed E-state index contributed by atoms with van der Waals surface area (Å²) in [7, 11) is 0. The largest absolute Gasteiger partial charge is 0.311 e. The van der Waals surface area contributed by atoms with Crippen LogP contribution in [0.1, 0.15) is 0 Å². The van der Waals surface area contributed by atoms with Gasteiger partial charge in [0.15, 0.2) is 0 Å². The van der Waals surface area contributed by atoms with E-state index in [2.05, 4.69) is 222 Å². The van der Waals surface area contributed by atoms with Crippen LogP contribution in [0.25, 0.3) is 72.1 Å². The topological polar surface area (TPSA) is 21.1 Å². The molecule has 0 atom stereocenters. The molecule has 0 aliphatic rings. The molecule has 0 aliphatic heterocycles. The molecule has 0 aliphatic carbocycles. The summed E-state index contributed by atoms with van der Waals surface area (Å²) in [5.74, 6) is 0. The molecule has 0 N–H and O–H groups in total. The molecule has 0 amide bonds. The highest BCUT2D eigenvalue weighted by molar-refractivity contribution is 6.07. The smallest absolute Gasteiger partial charge is 0.145 e. The third-order valence-corrected chi connectivity index (χ3v) is 10.7. The van der Waals surface area contributed by atoms with Crippen molar-refractivity contribution in [2.24, 2.45) is 0 Å². The minimum absolute atomic E-state index is 0.963. The van der Waals surface area contributed by atoms with Gasteiger partial charge in [-0.05, 0) is 117 Å². The van der Waals surface area contributed by atoms with E-state index < -0.39 is 0 Å². The number of anilines is 3.